The number of ketones is 1. The van der Waals surface area contributed by atoms with Crippen molar-refractivity contribution in [1.82, 2.24) is 0 Å². The molecule has 0 aliphatic heterocycles. The van der Waals surface area contributed by atoms with Crippen molar-refractivity contribution in [3.05, 3.63) is 161 Å². The van der Waals surface area contributed by atoms with Crippen molar-refractivity contribution in [1.29, 1.82) is 0 Å². The van der Waals surface area contributed by atoms with E-state index in [9.17, 15) is 22.4 Å². The van der Waals surface area contributed by atoms with Crippen molar-refractivity contribution in [3.8, 4) is 11.5 Å². The zero-order chi connectivity index (χ0) is 42.9. The van der Waals surface area contributed by atoms with Gasteiger partial charge in [-0.15, -0.1) is 0 Å². The summed E-state index contributed by atoms with van der Waals surface area (Å²) in [4.78, 5) is 11.1. The first-order valence-electron chi connectivity index (χ1n) is 20.7. The minimum Gasteiger partial charge on any atom is -0.504 e. The van der Waals surface area contributed by atoms with Gasteiger partial charge in [-0.1, -0.05) is 66.7 Å². The Morgan fingerprint density at radius 2 is 0.934 bits per heavy atom. The smallest absolute Gasteiger partial charge is 0.200 e. The normalized spacial score (nSPS) is 15.2. The predicted molar refractivity (Wildman–Crippen MR) is 235 cm³/mol. The zero-order valence-electron chi connectivity index (χ0n) is 35.4. The second-order valence-electron chi connectivity index (χ2n) is 14.8. The Balaban J connectivity index is 0.000000201. The Kier molecular flexibility index (Phi) is 20.1. The van der Waals surface area contributed by atoms with Gasteiger partial charge in [0.25, 0.3) is 0 Å². The molecule has 0 spiro atoms. The summed E-state index contributed by atoms with van der Waals surface area (Å²) in [6.07, 6.45) is 7.96. The van der Waals surface area contributed by atoms with Crippen molar-refractivity contribution in [2.24, 2.45) is 0 Å². The second-order valence-corrected chi connectivity index (χ2v) is 18.2. The van der Waals surface area contributed by atoms with Crippen LogP contribution in [0.25, 0.3) is 0 Å². The molecule has 2 saturated carbocycles. The second kappa shape index (κ2) is 24.9. The molecule has 5 aromatic carbocycles. The van der Waals surface area contributed by atoms with Gasteiger partial charge in [0, 0.05) is 37.3 Å². The number of hydrogen-bond acceptors (Lipinski definition) is 5. The van der Waals surface area contributed by atoms with Crippen LogP contribution in [0.3, 0.4) is 0 Å². The van der Waals surface area contributed by atoms with Gasteiger partial charge in [-0.2, -0.15) is 8.78 Å². The van der Waals surface area contributed by atoms with E-state index in [1.165, 1.54) is 33.6 Å². The standard InChI is InChI=1S/C20H20OP.C16H20F2O2.C14H16F2O2.Cr/c1-21-17-22(18-11-5-2-6-12-18,19-13-7-3-8-14-19)20-15-9-4-10-16-20;1-3-20-14-9-8-13(15(17)16(14)18)12-6-4-11(5-7-12)10-19-2;1-2-18-12-8-7-11(13(15)14(12)16)9-3-5-10(17)6-4-9;/h2-16H,17H2,1H3;8-10,12H,3-7H2,1-2H3;7-9H,2-6H2,1H3;/q+1;;;. The van der Waals surface area contributed by atoms with Gasteiger partial charge in [0.15, 0.2) is 29.5 Å². The van der Waals surface area contributed by atoms with E-state index in [1.807, 2.05) is 0 Å². The molecule has 5 aromatic rings. The maximum atomic E-state index is 14.1. The van der Waals surface area contributed by atoms with Crippen LogP contribution in [0.4, 0.5) is 17.6 Å². The Hall–Kier alpha value is -4.45. The average molecular weight is 896 g/mol. The first-order valence-corrected chi connectivity index (χ1v) is 22.6. The van der Waals surface area contributed by atoms with Gasteiger partial charge in [-0.05, 0) is 129 Å². The van der Waals surface area contributed by atoms with Crippen molar-refractivity contribution in [2.75, 3.05) is 33.8 Å². The fraction of sp³-hybridized carbons (Fsp3) is 0.340. The van der Waals surface area contributed by atoms with Gasteiger partial charge >= 0.3 is 0 Å². The molecule has 2 fully saturated rings. The average Bonchev–Trinajstić information content (AvgIpc) is 3.28. The molecule has 0 N–H and O–H groups in total. The summed E-state index contributed by atoms with van der Waals surface area (Å²) in [5.74, 6) is -3.25. The number of halogens is 4. The first-order chi connectivity index (χ1) is 29.2. The molecule has 0 unspecified atom stereocenters. The van der Waals surface area contributed by atoms with Gasteiger partial charge in [-0.25, -0.2) is 8.78 Å². The van der Waals surface area contributed by atoms with Crippen molar-refractivity contribution in [2.45, 2.75) is 77.0 Å². The molecule has 0 bridgehead atoms. The molecule has 5 nitrogen and oxygen atoms in total. The number of hydrogen-bond donors (Lipinski definition) is 0. The molecule has 0 heterocycles. The molecule has 2 aliphatic rings. The van der Waals surface area contributed by atoms with Crippen LogP contribution < -0.4 is 25.4 Å². The number of rotatable bonds is 12. The third-order valence-electron chi connectivity index (χ3n) is 11.0. The number of methoxy groups -OCH3 is 2. The van der Waals surface area contributed by atoms with Crippen LogP contribution in [-0.4, -0.2) is 39.6 Å². The van der Waals surface area contributed by atoms with E-state index >= 15 is 0 Å². The maximum absolute atomic E-state index is 14.1. The van der Waals surface area contributed by atoms with Crippen LogP contribution in [0.5, 0.6) is 11.5 Å². The van der Waals surface area contributed by atoms with Gasteiger partial charge in [0.05, 0.1) is 26.6 Å². The van der Waals surface area contributed by atoms with Crippen molar-refractivity contribution < 1.29 is 58.7 Å². The summed E-state index contributed by atoms with van der Waals surface area (Å²) in [5, 5.41) is 4.07. The van der Waals surface area contributed by atoms with E-state index in [1.54, 1.807) is 46.5 Å². The molecule has 7 rings (SSSR count). The van der Waals surface area contributed by atoms with Gasteiger partial charge in [0.1, 0.15) is 29.0 Å². The minimum absolute atomic E-state index is 0. The quantitative estimate of drug-likeness (QED) is 0.0709. The third-order valence-corrected chi connectivity index (χ3v) is 15.2. The summed E-state index contributed by atoms with van der Waals surface area (Å²) < 4.78 is 76.4. The topological polar surface area (TPSA) is 54.0 Å². The molecule has 0 atom stereocenters. The number of carbonyl (C=O) groups excluding carboxylic acids is 1. The molecule has 2 aliphatic carbocycles. The fourth-order valence-corrected chi connectivity index (χ4v) is 11.8. The molecule has 324 valence electrons. The Morgan fingerprint density at radius 3 is 1.28 bits per heavy atom. The van der Waals surface area contributed by atoms with Gasteiger partial charge < -0.3 is 18.9 Å². The molecular formula is C50H56CrF4O5P+. The van der Waals surface area contributed by atoms with E-state index in [2.05, 4.69) is 91.0 Å². The van der Waals surface area contributed by atoms with Crippen LogP contribution in [0.2, 0.25) is 0 Å². The summed E-state index contributed by atoms with van der Waals surface area (Å²) in [7, 11) is 1.65. The largest absolute Gasteiger partial charge is 0.504 e. The van der Waals surface area contributed by atoms with E-state index in [0.29, 0.717) is 56.4 Å². The molecule has 0 aromatic heterocycles. The fourth-order valence-electron chi connectivity index (χ4n) is 8.00. The SMILES string of the molecule is CCOc1ccc(C2CCC(=COC)CC2)c(F)c1F.CCOc1ccc(C2CCC(=O)CC2)c(F)c1F.COC[P+](c1ccccc1)(c1ccccc1)c1ccccc1.[Cr]. The van der Waals surface area contributed by atoms with Crippen LogP contribution >= 0.6 is 7.26 Å². The monoisotopic (exact) mass is 895 g/mol. The van der Waals surface area contributed by atoms with Gasteiger partial charge in [-0.3, -0.25) is 4.79 Å². The van der Waals surface area contributed by atoms with E-state index in [4.69, 9.17) is 18.9 Å². The van der Waals surface area contributed by atoms with Crippen LogP contribution in [0.15, 0.2) is 127 Å². The summed E-state index contributed by atoms with van der Waals surface area (Å²) in [6.45, 7) is 4.09. The summed E-state index contributed by atoms with van der Waals surface area (Å²) in [5.41, 5.74) is 2.06. The van der Waals surface area contributed by atoms with Crippen molar-refractivity contribution >= 4 is 29.0 Å². The first kappa shape index (κ1) is 49.2. The third kappa shape index (κ3) is 12.6. The van der Waals surface area contributed by atoms with Crippen LogP contribution in [-0.2, 0) is 31.6 Å². The molecule has 0 amide bonds. The van der Waals surface area contributed by atoms with Crippen LogP contribution in [0, 0.1) is 23.3 Å². The Morgan fingerprint density at radius 1 is 0.557 bits per heavy atom. The number of Topliss-reactive ketones (excluding diaryl/α,β-unsaturated/α-hetero) is 1. The number of ether oxygens (including phenoxy) is 4. The number of allylic oxidation sites excluding steroid dienone is 1. The number of carbonyl (C=O) groups is 1. The van der Waals surface area contributed by atoms with Crippen molar-refractivity contribution in [3.63, 3.8) is 0 Å². The molecule has 0 saturated heterocycles. The molecule has 11 heteroatoms. The number of benzene rings is 5. The Labute approximate surface area is 370 Å². The predicted octanol–water partition coefficient (Wildman–Crippen LogP) is 11.7. The van der Waals surface area contributed by atoms with E-state index in [0.717, 1.165) is 25.7 Å². The Bertz CT molecular complexity index is 2020. The minimum atomic E-state index is -1.78. The molecular weight excluding hydrogens is 840 g/mol. The molecule has 0 radical (unpaired) electrons. The molecule has 61 heavy (non-hydrogen) atoms. The maximum Gasteiger partial charge on any atom is 0.200 e. The zero-order valence-corrected chi connectivity index (χ0v) is 37.6. The summed E-state index contributed by atoms with van der Waals surface area (Å²) >= 11 is 0. The summed E-state index contributed by atoms with van der Waals surface area (Å²) in [6, 6.07) is 38.5. The van der Waals surface area contributed by atoms with E-state index < -0.39 is 30.5 Å². The van der Waals surface area contributed by atoms with Gasteiger partial charge in [0.2, 0.25) is 11.6 Å². The van der Waals surface area contributed by atoms with E-state index in [-0.39, 0.29) is 46.5 Å². The van der Waals surface area contributed by atoms with Crippen LogP contribution in [0.1, 0.15) is 88.2 Å².